The van der Waals surface area contributed by atoms with Gasteiger partial charge in [0.05, 0.1) is 23.8 Å². The number of benzene rings is 2. The van der Waals surface area contributed by atoms with Crippen molar-refractivity contribution in [1.82, 2.24) is 9.97 Å². The summed E-state index contributed by atoms with van der Waals surface area (Å²) in [7, 11) is 0. The van der Waals surface area contributed by atoms with Crippen LogP contribution in [0.5, 0.6) is 5.75 Å². The van der Waals surface area contributed by atoms with Crippen LogP contribution in [0.2, 0.25) is 0 Å². The summed E-state index contributed by atoms with van der Waals surface area (Å²) in [6.45, 7) is 2.05. The molecule has 0 spiro atoms. The molecule has 1 aromatic heterocycles. The number of fused-ring (bicyclic) bond motifs is 1. The van der Waals surface area contributed by atoms with Crippen molar-refractivity contribution in [3.63, 3.8) is 0 Å². The van der Waals surface area contributed by atoms with Crippen LogP contribution >= 0.6 is 0 Å². The Balaban J connectivity index is 1.55. The summed E-state index contributed by atoms with van der Waals surface area (Å²) in [6.07, 6.45) is 1.33. The van der Waals surface area contributed by atoms with Gasteiger partial charge in [-0.15, -0.1) is 0 Å². The molecule has 7 heteroatoms. The second-order valence-electron chi connectivity index (χ2n) is 5.33. The smallest absolute Gasteiger partial charge is 0.359 e. The van der Waals surface area contributed by atoms with Crippen LogP contribution in [0, 0.1) is 0 Å². The molecule has 0 aliphatic rings. The van der Waals surface area contributed by atoms with E-state index in [0.717, 1.165) is 0 Å². The second-order valence-corrected chi connectivity index (χ2v) is 5.33. The minimum Gasteiger partial charge on any atom is -0.494 e. The van der Waals surface area contributed by atoms with Crippen molar-refractivity contribution in [2.24, 2.45) is 0 Å². The number of anilines is 1. The highest BCUT2D eigenvalue weighted by Gasteiger charge is 2.13. The van der Waals surface area contributed by atoms with Crippen LogP contribution in [0.1, 0.15) is 17.4 Å². The average Bonchev–Trinajstić information content (AvgIpc) is 2.67. The van der Waals surface area contributed by atoms with Crippen molar-refractivity contribution in [2.75, 3.05) is 18.5 Å². The molecule has 0 fully saturated rings. The fraction of sp³-hybridized carbons (Fsp3) is 0.158. The molecule has 1 N–H and O–H groups in total. The predicted octanol–water partition coefficient (Wildman–Crippen LogP) is 2.82. The van der Waals surface area contributed by atoms with Crippen molar-refractivity contribution in [3.05, 3.63) is 60.4 Å². The SMILES string of the molecule is CCOc1ccc(NC(=O)COC(=O)c2cnc3ccccc3n2)cc1. The molecule has 1 heterocycles. The molecule has 1 amide bonds. The van der Waals surface area contributed by atoms with Gasteiger partial charge < -0.3 is 14.8 Å². The molecule has 0 aliphatic heterocycles. The number of nitrogens with one attached hydrogen (secondary N) is 1. The Hall–Kier alpha value is -3.48. The van der Waals surface area contributed by atoms with Crippen LogP contribution < -0.4 is 10.1 Å². The Morgan fingerprint density at radius 1 is 1.04 bits per heavy atom. The average molecular weight is 351 g/mol. The van der Waals surface area contributed by atoms with Gasteiger partial charge in [0.15, 0.2) is 12.3 Å². The molecule has 2 aromatic carbocycles. The first-order valence-corrected chi connectivity index (χ1v) is 8.07. The summed E-state index contributed by atoms with van der Waals surface area (Å²) >= 11 is 0. The van der Waals surface area contributed by atoms with E-state index in [1.807, 2.05) is 13.0 Å². The van der Waals surface area contributed by atoms with E-state index in [-0.39, 0.29) is 5.69 Å². The van der Waals surface area contributed by atoms with E-state index in [2.05, 4.69) is 15.3 Å². The van der Waals surface area contributed by atoms with Gasteiger partial charge in [-0.3, -0.25) is 9.78 Å². The maximum absolute atomic E-state index is 12.0. The molecule has 0 bridgehead atoms. The molecule has 26 heavy (non-hydrogen) atoms. The molecule has 3 rings (SSSR count). The molecule has 0 aliphatic carbocycles. The van der Waals surface area contributed by atoms with E-state index in [0.29, 0.717) is 29.1 Å². The van der Waals surface area contributed by atoms with E-state index in [4.69, 9.17) is 9.47 Å². The zero-order chi connectivity index (χ0) is 18.4. The van der Waals surface area contributed by atoms with Crippen molar-refractivity contribution >= 4 is 28.6 Å². The largest absolute Gasteiger partial charge is 0.494 e. The van der Waals surface area contributed by atoms with Crippen LogP contribution in [0.4, 0.5) is 5.69 Å². The molecule has 0 saturated carbocycles. The highest BCUT2D eigenvalue weighted by molar-refractivity contribution is 5.95. The van der Waals surface area contributed by atoms with Crippen LogP contribution in [-0.2, 0) is 9.53 Å². The number of para-hydroxylation sites is 2. The van der Waals surface area contributed by atoms with Gasteiger partial charge in [0.1, 0.15) is 5.75 Å². The standard InChI is InChI=1S/C19H17N3O4/c1-2-25-14-9-7-13(8-10-14)21-18(23)12-26-19(24)17-11-20-15-5-3-4-6-16(15)22-17/h3-11H,2,12H2,1H3,(H,21,23). The normalized spacial score (nSPS) is 10.3. The highest BCUT2D eigenvalue weighted by Crippen LogP contribution is 2.15. The summed E-state index contributed by atoms with van der Waals surface area (Å²) < 4.78 is 10.3. The number of aromatic nitrogens is 2. The molecule has 3 aromatic rings. The van der Waals surface area contributed by atoms with Crippen molar-refractivity contribution in [3.8, 4) is 5.75 Å². The van der Waals surface area contributed by atoms with Gasteiger partial charge in [0.2, 0.25) is 0 Å². The molecule has 0 unspecified atom stereocenters. The van der Waals surface area contributed by atoms with E-state index in [9.17, 15) is 9.59 Å². The minimum absolute atomic E-state index is 0.0533. The van der Waals surface area contributed by atoms with E-state index in [1.54, 1.807) is 42.5 Å². The predicted molar refractivity (Wildman–Crippen MR) is 96.1 cm³/mol. The quantitative estimate of drug-likeness (QED) is 0.687. The van der Waals surface area contributed by atoms with Crippen LogP contribution in [0.3, 0.4) is 0 Å². The molecule has 0 saturated heterocycles. The minimum atomic E-state index is -0.704. The number of amides is 1. The fourth-order valence-electron chi connectivity index (χ4n) is 2.26. The van der Waals surface area contributed by atoms with Gasteiger partial charge in [-0.1, -0.05) is 12.1 Å². The lowest BCUT2D eigenvalue weighted by atomic mass is 10.3. The molecular formula is C19H17N3O4. The van der Waals surface area contributed by atoms with Crippen LogP contribution in [-0.4, -0.2) is 35.1 Å². The summed E-state index contributed by atoms with van der Waals surface area (Å²) in [5, 5.41) is 2.64. The third-order valence-corrected chi connectivity index (χ3v) is 3.44. The number of esters is 1. The highest BCUT2D eigenvalue weighted by atomic mass is 16.5. The number of ether oxygens (including phenoxy) is 2. The third-order valence-electron chi connectivity index (χ3n) is 3.44. The van der Waals surface area contributed by atoms with Gasteiger partial charge in [0, 0.05) is 5.69 Å². The number of nitrogens with zero attached hydrogens (tertiary/aromatic N) is 2. The van der Waals surface area contributed by atoms with Crippen LogP contribution in [0.25, 0.3) is 11.0 Å². The second kappa shape index (κ2) is 8.06. The zero-order valence-electron chi connectivity index (χ0n) is 14.1. The first-order valence-electron chi connectivity index (χ1n) is 8.07. The third kappa shape index (κ3) is 4.32. The first-order chi connectivity index (χ1) is 12.7. The Morgan fingerprint density at radius 3 is 2.50 bits per heavy atom. The first kappa shape index (κ1) is 17.3. The maximum atomic E-state index is 12.0. The Bertz CT molecular complexity index is 925. The lowest BCUT2D eigenvalue weighted by Crippen LogP contribution is -2.21. The summed E-state index contributed by atoms with van der Waals surface area (Å²) in [5.74, 6) is -0.437. The van der Waals surface area contributed by atoms with E-state index >= 15 is 0 Å². The molecule has 7 nitrogen and oxygen atoms in total. The number of carbonyl (C=O) groups excluding carboxylic acids is 2. The fourth-order valence-corrected chi connectivity index (χ4v) is 2.26. The molecule has 0 atom stereocenters. The molecule has 132 valence electrons. The molecule has 0 radical (unpaired) electrons. The van der Waals surface area contributed by atoms with Gasteiger partial charge in [0.25, 0.3) is 5.91 Å². The van der Waals surface area contributed by atoms with Crippen molar-refractivity contribution < 1.29 is 19.1 Å². The number of rotatable bonds is 6. The number of hydrogen-bond acceptors (Lipinski definition) is 6. The van der Waals surface area contributed by atoms with Gasteiger partial charge >= 0.3 is 5.97 Å². The van der Waals surface area contributed by atoms with E-state index < -0.39 is 18.5 Å². The zero-order valence-corrected chi connectivity index (χ0v) is 14.1. The van der Waals surface area contributed by atoms with Gasteiger partial charge in [-0.2, -0.15) is 0 Å². The van der Waals surface area contributed by atoms with Crippen molar-refractivity contribution in [2.45, 2.75) is 6.92 Å². The Kier molecular flexibility index (Phi) is 5.38. The number of carbonyl (C=O) groups is 2. The monoisotopic (exact) mass is 351 g/mol. The summed E-state index contributed by atoms with van der Waals surface area (Å²) in [4.78, 5) is 32.3. The molecular weight excluding hydrogens is 334 g/mol. The van der Waals surface area contributed by atoms with E-state index in [1.165, 1.54) is 6.20 Å². The van der Waals surface area contributed by atoms with Gasteiger partial charge in [-0.25, -0.2) is 9.78 Å². The summed E-state index contributed by atoms with van der Waals surface area (Å²) in [5.41, 5.74) is 1.90. The lowest BCUT2D eigenvalue weighted by molar-refractivity contribution is -0.119. The number of hydrogen-bond donors (Lipinski definition) is 1. The Morgan fingerprint density at radius 2 is 1.77 bits per heavy atom. The van der Waals surface area contributed by atoms with Crippen LogP contribution in [0.15, 0.2) is 54.7 Å². The van der Waals surface area contributed by atoms with Gasteiger partial charge in [-0.05, 0) is 43.3 Å². The maximum Gasteiger partial charge on any atom is 0.359 e. The van der Waals surface area contributed by atoms with Crippen molar-refractivity contribution in [1.29, 1.82) is 0 Å². The Labute approximate surface area is 150 Å². The topological polar surface area (TPSA) is 90.4 Å². The summed E-state index contributed by atoms with van der Waals surface area (Å²) in [6, 6.07) is 14.1. The lowest BCUT2D eigenvalue weighted by Gasteiger charge is -2.08.